The summed E-state index contributed by atoms with van der Waals surface area (Å²) in [6.45, 7) is 5.73. The Hall–Kier alpha value is -2.04. The molecule has 0 saturated carbocycles. The predicted octanol–water partition coefficient (Wildman–Crippen LogP) is 4.62. The number of hydrogen-bond donors (Lipinski definition) is 0. The van der Waals surface area contributed by atoms with Gasteiger partial charge in [-0.05, 0) is 36.7 Å². The number of nitro benzene ring substituents is 1. The van der Waals surface area contributed by atoms with Crippen molar-refractivity contribution in [2.45, 2.75) is 32.5 Å². The van der Waals surface area contributed by atoms with Gasteiger partial charge in [-0.1, -0.05) is 0 Å². The van der Waals surface area contributed by atoms with E-state index in [-0.39, 0.29) is 12.5 Å². The average Bonchev–Trinajstić information content (AvgIpc) is 2.43. The SMILES string of the molecule is CC(C)(C)OC(=O)N1CC(COc2cc(C(F)(F)F)c(Br)cc2[N+](=O)[O-])C1. The van der Waals surface area contributed by atoms with E-state index in [0.717, 1.165) is 6.07 Å². The van der Waals surface area contributed by atoms with Crippen molar-refractivity contribution >= 4 is 27.7 Å². The maximum absolute atomic E-state index is 13.0. The lowest BCUT2D eigenvalue weighted by Gasteiger charge is -2.39. The predicted molar refractivity (Wildman–Crippen MR) is 92.6 cm³/mol. The van der Waals surface area contributed by atoms with Gasteiger partial charge in [-0.3, -0.25) is 10.1 Å². The molecule has 2 rings (SSSR count). The standard InChI is InChI=1S/C16H18BrF3N2O5/c1-15(2,3)27-14(23)21-6-9(7-21)8-26-13-4-10(16(18,19)20)11(17)5-12(13)22(24)25/h4-5,9H,6-8H2,1-3H3. The number of alkyl halides is 3. The number of nitrogens with zero attached hydrogens (tertiary/aromatic N) is 2. The number of ether oxygens (including phenoxy) is 2. The van der Waals surface area contributed by atoms with Crippen molar-refractivity contribution in [3.63, 3.8) is 0 Å². The van der Waals surface area contributed by atoms with Gasteiger partial charge in [0.25, 0.3) is 0 Å². The lowest BCUT2D eigenvalue weighted by Crippen LogP contribution is -2.53. The van der Waals surface area contributed by atoms with E-state index in [9.17, 15) is 28.1 Å². The van der Waals surface area contributed by atoms with Gasteiger partial charge in [0.15, 0.2) is 5.75 Å². The first-order chi connectivity index (χ1) is 12.3. The Bertz CT molecular complexity index is 743. The van der Waals surface area contributed by atoms with E-state index in [1.165, 1.54) is 4.90 Å². The maximum Gasteiger partial charge on any atom is 0.417 e. The number of likely N-dealkylation sites (tertiary alicyclic amines) is 1. The quantitative estimate of drug-likeness (QED) is 0.489. The number of hydrogen-bond acceptors (Lipinski definition) is 5. The fourth-order valence-corrected chi connectivity index (χ4v) is 2.93. The van der Waals surface area contributed by atoms with Gasteiger partial charge in [0.2, 0.25) is 0 Å². The van der Waals surface area contributed by atoms with E-state index in [0.29, 0.717) is 19.2 Å². The number of carbonyl (C=O) groups excluding carboxylic acids is 1. The van der Waals surface area contributed by atoms with Crippen molar-refractivity contribution < 1.29 is 32.4 Å². The van der Waals surface area contributed by atoms with Crippen LogP contribution in [0.15, 0.2) is 16.6 Å². The Labute approximate surface area is 161 Å². The van der Waals surface area contributed by atoms with Crippen molar-refractivity contribution in [2.75, 3.05) is 19.7 Å². The Morgan fingerprint density at radius 3 is 2.41 bits per heavy atom. The average molecular weight is 455 g/mol. The maximum atomic E-state index is 13.0. The van der Waals surface area contributed by atoms with Crippen LogP contribution in [0.4, 0.5) is 23.7 Å². The largest absolute Gasteiger partial charge is 0.486 e. The van der Waals surface area contributed by atoms with Gasteiger partial charge >= 0.3 is 18.0 Å². The van der Waals surface area contributed by atoms with Crippen LogP contribution in [0.25, 0.3) is 0 Å². The van der Waals surface area contributed by atoms with Gasteiger partial charge < -0.3 is 14.4 Å². The van der Waals surface area contributed by atoms with E-state index < -0.39 is 44.3 Å². The highest BCUT2D eigenvalue weighted by molar-refractivity contribution is 9.10. The number of carbonyl (C=O) groups is 1. The third kappa shape index (κ3) is 5.47. The summed E-state index contributed by atoms with van der Waals surface area (Å²) in [5, 5.41) is 11.1. The van der Waals surface area contributed by atoms with E-state index in [1.54, 1.807) is 20.8 Å². The molecule has 1 saturated heterocycles. The van der Waals surface area contributed by atoms with Gasteiger partial charge in [0.05, 0.1) is 17.1 Å². The van der Waals surface area contributed by atoms with Crippen LogP contribution in [0.2, 0.25) is 0 Å². The van der Waals surface area contributed by atoms with Crippen molar-refractivity contribution in [1.29, 1.82) is 0 Å². The van der Waals surface area contributed by atoms with Crippen LogP contribution in [0.5, 0.6) is 5.75 Å². The molecule has 11 heteroatoms. The van der Waals surface area contributed by atoms with Gasteiger partial charge in [0, 0.05) is 35.6 Å². The summed E-state index contributed by atoms with van der Waals surface area (Å²) in [5.41, 5.74) is -2.27. The molecule has 1 fully saturated rings. The normalized spacial score (nSPS) is 15.3. The van der Waals surface area contributed by atoms with Crippen LogP contribution in [0.1, 0.15) is 26.3 Å². The van der Waals surface area contributed by atoms with Crippen LogP contribution in [-0.2, 0) is 10.9 Å². The molecule has 1 aromatic rings. The van der Waals surface area contributed by atoms with Crippen LogP contribution in [-0.4, -0.2) is 41.2 Å². The monoisotopic (exact) mass is 454 g/mol. The molecule has 0 unspecified atom stereocenters. The van der Waals surface area contributed by atoms with Crippen LogP contribution < -0.4 is 4.74 Å². The minimum absolute atomic E-state index is 0.0565. The van der Waals surface area contributed by atoms with Gasteiger partial charge in [0.1, 0.15) is 5.60 Å². The summed E-state index contributed by atoms with van der Waals surface area (Å²) in [6, 6.07) is 1.37. The summed E-state index contributed by atoms with van der Waals surface area (Å²) < 4.78 is 49.0. The second kappa shape index (κ2) is 7.53. The molecule has 1 heterocycles. The second-order valence-electron chi connectivity index (χ2n) is 7.12. The highest BCUT2D eigenvalue weighted by atomic mass is 79.9. The molecular weight excluding hydrogens is 437 g/mol. The topological polar surface area (TPSA) is 81.9 Å². The minimum Gasteiger partial charge on any atom is -0.486 e. The molecule has 0 bridgehead atoms. The smallest absolute Gasteiger partial charge is 0.417 e. The molecule has 1 aliphatic heterocycles. The highest BCUT2D eigenvalue weighted by Crippen LogP contribution is 2.41. The molecule has 7 nitrogen and oxygen atoms in total. The van der Waals surface area contributed by atoms with Gasteiger partial charge in [-0.25, -0.2) is 4.79 Å². The summed E-state index contributed by atoms with van der Waals surface area (Å²) in [6.07, 6.45) is -5.18. The summed E-state index contributed by atoms with van der Waals surface area (Å²) in [7, 11) is 0. The molecule has 0 aliphatic carbocycles. The van der Waals surface area contributed by atoms with Crippen molar-refractivity contribution in [3.8, 4) is 5.75 Å². The van der Waals surface area contributed by atoms with Crippen molar-refractivity contribution in [3.05, 3.63) is 32.3 Å². The molecular formula is C16H18BrF3N2O5. The van der Waals surface area contributed by atoms with Gasteiger partial charge in [-0.15, -0.1) is 0 Å². The van der Waals surface area contributed by atoms with Crippen LogP contribution in [0, 0.1) is 16.0 Å². The fraction of sp³-hybridized carbons (Fsp3) is 0.562. The minimum atomic E-state index is -4.68. The Morgan fingerprint density at radius 1 is 1.33 bits per heavy atom. The third-order valence-electron chi connectivity index (χ3n) is 3.63. The molecule has 0 aromatic heterocycles. The molecule has 0 spiro atoms. The highest BCUT2D eigenvalue weighted by Gasteiger charge is 2.37. The number of benzene rings is 1. The zero-order valence-electron chi connectivity index (χ0n) is 14.8. The van der Waals surface area contributed by atoms with E-state index >= 15 is 0 Å². The van der Waals surface area contributed by atoms with Gasteiger partial charge in [-0.2, -0.15) is 13.2 Å². The molecule has 1 aromatic carbocycles. The fourth-order valence-electron chi connectivity index (χ4n) is 2.38. The number of rotatable bonds is 4. The zero-order chi connectivity index (χ0) is 20.6. The third-order valence-corrected chi connectivity index (χ3v) is 4.29. The van der Waals surface area contributed by atoms with E-state index in [4.69, 9.17) is 9.47 Å². The molecule has 0 N–H and O–H groups in total. The summed E-state index contributed by atoms with van der Waals surface area (Å²) in [4.78, 5) is 23.5. The molecule has 1 amide bonds. The molecule has 0 atom stereocenters. The number of halogens is 4. The number of amides is 1. The lowest BCUT2D eigenvalue weighted by atomic mass is 10.0. The van der Waals surface area contributed by atoms with Crippen LogP contribution in [0.3, 0.4) is 0 Å². The second-order valence-corrected chi connectivity index (χ2v) is 7.97. The molecule has 27 heavy (non-hydrogen) atoms. The summed E-state index contributed by atoms with van der Waals surface area (Å²) >= 11 is 2.70. The van der Waals surface area contributed by atoms with Crippen LogP contribution >= 0.6 is 15.9 Å². The zero-order valence-corrected chi connectivity index (χ0v) is 16.4. The Morgan fingerprint density at radius 2 is 1.93 bits per heavy atom. The summed E-state index contributed by atoms with van der Waals surface area (Å²) in [5.74, 6) is -0.624. The number of nitro groups is 1. The van der Waals surface area contributed by atoms with Crippen molar-refractivity contribution in [1.82, 2.24) is 4.90 Å². The molecule has 1 aliphatic rings. The Kier molecular flexibility index (Phi) is 5.93. The molecule has 150 valence electrons. The van der Waals surface area contributed by atoms with Crippen molar-refractivity contribution in [2.24, 2.45) is 5.92 Å². The Balaban J connectivity index is 2.02. The lowest BCUT2D eigenvalue weighted by molar-refractivity contribution is -0.386. The molecule has 0 radical (unpaired) electrons. The first kappa shape index (κ1) is 21.3. The van der Waals surface area contributed by atoms with E-state index in [1.807, 2.05) is 0 Å². The first-order valence-corrected chi connectivity index (χ1v) is 8.73. The first-order valence-electron chi connectivity index (χ1n) is 7.94. The van der Waals surface area contributed by atoms with E-state index in [2.05, 4.69) is 15.9 Å².